The van der Waals surface area contributed by atoms with Crippen molar-refractivity contribution in [3.8, 4) is 0 Å². The highest BCUT2D eigenvalue weighted by Gasteiger charge is 2.37. The lowest BCUT2D eigenvalue weighted by Gasteiger charge is -2.27. The molecule has 21 heavy (non-hydrogen) atoms. The molecule has 0 aliphatic carbocycles. The molecule has 114 valence electrons. The van der Waals surface area contributed by atoms with Crippen molar-refractivity contribution < 1.29 is 9.59 Å². The number of hydrogen-bond acceptors (Lipinski definition) is 4. The summed E-state index contributed by atoms with van der Waals surface area (Å²) >= 11 is 1.25. The second kappa shape index (κ2) is 6.62. The van der Waals surface area contributed by atoms with Crippen LogP contribution < -0.4 is 0 Å². The molecule has 4 nitrogen and oxygen atoms in total. The van der Waals surface area contributed by atoms with E-state index in [-0.39, 0.29) is 11.8 Å². The number of imide groups is 1. The first-order valence-electron chi connectivity index (χ1n) is 7.31. The van der Waals surface area contributed by atoms with Gasteiger partial charge in [0.05, 0.1) is 23.3 Å². The van der Waals surface area contributed by atoms with Crippen LogP contribution in [0, 0.1) is 11.8 Å². The zero-order valence-corrected chi connectivity index (χ0v) is 13.8. The molecule has 0 bridgehead atoms. The van der Waals surface area contributed by atoms with E-state index in [1.807, 2.05) is 0 Å². The van der Waals surface area contributed by atoms with Gasteiger partial charge in [-0.1, -0.05) is 39.8 Å². The highest BCUT2D eigenvalue weighted by molar-refractivity contribution is 7.95. The summed E-state index contributed by atoms with van der Waals surface area (Å²) < 4.78 is 3.40. The molecule has 1 heterocycles. The minimum atomic E-state index is -0.210. The van der Waals surface area contributed by atoms with Gasteiger partial charge in [0, 0.05) is 13.1 Å². The lowest BCUT2D eigenvalue weighted by Crippen LogP contribution is -2.33. The molecule has 0 fully saturated rings. The zero-order chi connectivity index (χ0) is 15.6. The third-order valence-electron chi connectivity index (χ3n) is 3.09. The van der Waals surface area contributed by atoms with Crippen LogP contribution in [0.15, 0.2) is 24.3 Å². The van der Waals surface area contributed by atoms with Crippen LogP contribution in [0.4, 0.5) is 0 Å². The topological polar surface area (TPSA) is 40.6 Å². The van der Waals surface area contributed by atoms with Gasteiger partial charge in [-0.25, -0.2) is 8.61 Å². The normalized spacial score (nSPS) is 14.7. The lowest BCUT2D eigenvalue weighted by atomic mass is 10.1. The fraction of sp³-hybridized carbons (Fsp3) is 0.500. The maximum atomic E-state index is 12.4. The van der Waals surface area contributed by atoms with Crippen molar-refractivity contribution in [3.05, 3.63) is 35.4 Å². The molecule has 1 aliphatic heterocycles. The van der Waals surface area contributed by atoms with Gasteiger partial charge in [-0.05, 0) is 24.0 Å². The van der Waals surface area contributed by atoms with E-state index in [2.05, 4.69) is 32.0 Å². The molecule has 0 saturated heterocycles. The number of hydrogen-bond donors (Lipinski definition) is 0. The summed E-state index contributed by atoms with van der Waals surface area (Å²) in [6, 6.07) is 7.01. The van der Waals surface area contributed by atoms with Crippen LogP contribution in [-0.4, -0.2) is 33.5 Å². The maximum Gasteiger partial charge on any atom is 0.272 e. The molecule has 0 unspecified atom stereocenters. The average molecular weight is 306 g/mol. The van der Waals surface area contributed by atoms with Crippen LogP contribution in [0.25, 0.3) is 0 Å². The van der Waals surface area contributed by atoms with E-state index < -0.39 is 0 Å². The minimum Gasteiger partial charge on any atom is -0.268 e. The predicted octanol–water partition coefficient (Wildman–Crippen LogP) is 3.46. The summed E-state index contributed by atoms with van der Waals surface area (Å²) in [5.41, 5.74) is 1.01. The molecule has 0 saturated carbocycles. The number of fused-ring (bicyclic) bond motifs is 1. The Kier molecular flexibility index (Phi) is 5.06. The van der Waals surface area contributed by atoms with E-state index in [1.54, 1.807) is 24.3 Å². The van der Waals surface area contributed by atoms with Crippen LogP contribution >= 0.6 is 12.1 Å². The zero-order valence-electron chi connectivity index (χ0n) is 13.0. The highest BCUT2D eigenvalue weighted by Crippen LogP contribution is 2.30. The van der Waals surface area contributed by atoms with Crippen LogP contribution in [-0.2, 0) is 0 Å². The number of amides is 2. The Labute approximate surface area is 130 Å². The van der Waals surface area contributed by atoms with Crippen molar-refractivity contribution in [2.24, 2.45) is 11.8 Å². The Bertz CT molecular complexity index is 498. The van der Waals surface area contributed by atoms with Crippen molar-refractivity contribution in [1.29, 1.82) is 0 Å². The molecule has 5 heteroatoms. The molecule has 0 spiro atoms. The van der Waals surface area contributed by atoms with Gasteiger partial charge in [-0.2, -0.15) is 0 Å². The largest absolute Gasteiger partial charge is 0.272 e. The van der Waals surface area contributed by atoms with Crippen molar-refractivity contribution in [2.45, 2.75) is 27.7 Å². The quantitative estimate of drug-likeness (QED) is 0.596. The molecule has 0 atom stereocenters. The lowest BCUT2D eigenvalue weighted by molar-refractivity contribution is 0.0771. The smallest absolute Gasteiger partial charge is 0.268 e. The highest BCUT2D eigenvalue weighted by atomic mass is 32.2. The summed E-state index contributed by atoms with van der Waals surface area (Å²) in [7, 11) is 0. The van der Waals surface area contributed by atoms with Crippen molar-refractivity contribution in [3.63, 3.8) is 0 Å². The van der Waals surface area contributed by atoms with E-state index in [0.717, 1.165) is 13.1 Å². The molecule has 1 aromatic carbocycles. The van der Waals surface area contributed by atoms with E-state index in [4.69, 9.17) is 0 Å². The maximum absolute atomic E-state index is 12.4. The van der Waals surface area contributed by atoms with Gasteiger partial charge in [0.25, 0.3) is 11.8 Å². The third kappa shape index (κ3) is 3.66. The first kappa shape index (κ1) is 16.0. The van der Waals surface area contributed by atoms with Gasteiger partial charge in [-0.15, -0.1) is 0 Å². The van der Waals surface area contributed by atoms with Crippen molar-refractivity contribution in [1.82, 2.24) is 8.61 Å². The van der Waals surface area contributed by atoms with E-state index in [9.17, 15) is 9.59 Å². The van der Waals surface area contributed by atoms with Gasteiger partial charge in [0.1, 0.15) is 0 Å². The second-order valence-corrected chi connectivity index (χ2v) is 7.21. The first-order valence-corrected chi connectivity index (χ1v) is 8.04. The molecular formula is C16H22N2O2S. The summed E-state index contributed by atoms with van der Waals surface area (Å²) in [5, 5.41) is 0. The van der Waals surface area contributed by atoms with E-state index >= 15 is 0 Å². The molecule has 1 aromatic rings. The van der Waals surface area contributed by atoms with Gasteiger partial charge in [0.2, 0.25) is 0 Å². The van der Waals surface area contributed by atoms with Crippen LogP contribution in [0.2, 0.25) is 0 Å². The van der Waals surface area contributed by atoms with Gasteiger partial charge in [0.15, 0.2) is 0 Å². The molecule has 0 N–H and O–H groups in total. The predicted molar refractivity (Wildman–Crippen MR) is 85.8 cm³/mol. The SMILES string of the molecule is CC(C)CN(CC(C)C)SN1C(=O)c2ccccc2C1=O. The molecule has 0 aromatic heterocycles. The van der Waals surface area contributed by atoms with Gasteiger partial charge < -0.3 is 0 Å². The summed E-state index contributed by atoms with van der Waals surface area (Å²) in [4.78, 5) is 24.7. The summed E-state index contributed by atoms with van der Waals surface area (Å²) in [5.74, 6) is 0.536. The first-order chi connectivity index (χ1) is 9.90. The fourth-order valence-corrected chi connectivity index (χ4v) is 3.62. The number of nitrogens with zero attached hydrogens (tertiary/aromatic N) is 2. The monoisotopic (exact) mass is 306 g/mol. The summed E-state index contributed by atoms with van der Waals surface area (Å²) in [6.45, 7) is 10.2. The van der Waals surface area contributed by atoms with Gasteiger partial charge in [-0.3, -0.25) is 9.59 Å². The van der Waals surface area contributed by atoms with Gasteiger partial charge >= 0.3 is 0 Å². The number of carbonyl (C=O) groups excluding carboxylic acids is 2. The Morgan fingerprint density at radius 2 is 1.38 bits per heavy atom. The molecule has 1 aliphatic rings. The van der Waals surface area contributed by atoms with Crippen LogP contribution in [0.1, 0.15) is 48.4 Å². The number of rotatable bonds is 6. The van der Waals surface area contributed by atoms with Crippen LogP contribution in [0.3, 0.4) is 0 Å². The van der Waals surface area contributed by atoms with Crippen LogP contribution in [0.5, 0.6) is 0 Å². The fourth-order valence-electron chi connectivity index (χ4n) is 2.31. The molecule has 2 amide bonds. The van der Waals surface area contributed by atoms with E-state index in [0.29, 0.717) is 23.0 Å². The Balaban J connectivity index is 2.15. The standard InChI is InChI=1S/C16H22N2O2S/c1-11(2)9-17(10-12(3)4)21-18-15(19)13-7-5-6-8-14(13)16(18)20/h5-8,11-12H,9-10H2,1-4H3. The Hall–Kier alpha value is -1.33. The third-order valence-corrected chi connectivity index (χ3v) is 4.12. The number of benzene rings is 1. The average Bonchev–Trinajstić information content (AvgIpc) is 2.63. The van der Waals surface area contributed by atoms with Crippen molar-refractivity contribution in [2.75, 3.05) is 13.1 Å². The van der Waals surface area contributed by atoms with E-state index in [1.165, 1.54) is 16.4 Å². The molecular weight excluding hydrogens is 284 g/mol. The Morgan fingerprint density at radius 1 is 0.952 bits per heavy atom. The van der Waals surface area contributed by atoms with Crippen molar-refractivity contribution >= 4 is 23.9 Å². The Morgan fingerprint density at radius 3 is 1.76 bits per heavy atom. The second-order valence-electron chi connectivity index (χ2n) is 6.17. The minimum absolute atomic E-state index is 0.210. The number of carbonyl (C=O) groups is 2. The summed E-state index contributed by atoms with van der Waals surface area (Å²) in [6.07, 6.45) is 0. The molecule has 2 rings (SSSR count). The molecule has 0 radical (unpaired) electrons.